The summed E-state index contributed by atoms with van der Waals surface area (Å²) in [6, 6.07) is 0. The number of ether oxygens (including phenoxy) is 1. The maximum Gasteiger partial charge on any atom is 0.319 e. The molecular formula is C10H17BrO3. The minimum absolute atomic E-state index is 0.128. The molecule has 0 rings (SSSR count). The lowest BCUT2D eigenvalue weighted by Gasteiger charge is -2.23. The summed E-state index contributed by atoms with van der Waals surface area (Å²) in [6.07, 6.45) is 1.32. The highest BCUT2D eigenvalue weighted by atomic mass is 79.9. The van der Waals surface area contributed by atoms with Crippen LogP contribution in [0.2, 0.25) is 0 Å². The highest BCUT2D eigenvalue weighted by Crippen LogP contribution is 2.26. The van der Waals surface area contributed by atoms with Crippen molar-refractivity contribution in [3.8, 4) is 0 Å². The summed E-state index contributed by atoms with van der Waals surface area (Å²) in [5, 5.41) is 0.787. The van der Waals surface area contributed by atoms with E-state index in [-0.39, 0.29) is 5.78 Å². The molecule has 0 N–H and O–H groups in total. The van der Waals surface area contributed by atoms with Crippen molar-refractivity contribution in [2.75, 3.05) is 11.9 Å². The van der Waals surface area contributed by atoms with Crippen LogP contribution in [0.4, 0.5) is 0 Å². The van der Waals surface area contributed by atoms with Gasteiger partial charge in [-0.2, -0.15) is 0 Å². The first-order valence-electron chi connectivity index (χ1n) is 4.73. The van der Waals surface area contributed by atoms with E-state index < -0.39 is 11.4 Å². The van der Waals surface area contributed by atoms with Crippen molar-refractivity contribution in [3.63, 3.8) is 0 Å². The molecule has 4 heteroatoms. The number of hydrogen-bond acceptors (Lipinski definition) is 3. The molecule has 0 aliphatic heterocycles. The number of hydrogen-bond donors (Lipinski definition) is 0. The molecule has 0 aromatic rings. The van der Waals surface area contributed by atoms with Crippen LogP contribution in [0, 0.1) is 5.41 Å². The molecule has 0 aromatic heterocycles. The Balaban J connectivity index is 4.53. The Bertz CT molecular complexity index is 215. The van der Waals surface area contributed by atoms with E-state index in [9.17, 15) is 9.59 Å². The molecule has 1 atom stereocenters. The summed E-state index contributed by atoms with van der Waals surface area (Å²) in [5.74, 6) is -0.537. The van der Waals surface area contributed by atoms with Gasteiger partial charge >= 0.3 is 5.97 Å². The van der Waals surface area contributed by atoms with E-state index in [4.69, 9.17) is 4.74 Å². The Morgan fingerprint density at radius 2 is 2.00 bits per heavy atom. The lowest BCUT2D eigenvalue weighted by atomic mass is 9.82. The summed E-state index contributed by atoms with van der Waals surface area (Å²) in [5.41, 5.74) is -0.968. The number of ketones is 1. The van der Waals surface area contributed by atoms with Crippen molar-refractivity contribution in [3.05, 3.63) is 0 Å². The molecule has 0 amide bonds. The van der Waals surface area contributed by atoms with Crippen molar-refractivity contribution < 1.29 is 14.3 Å². The lowest BCUT2D eigenvalue weighted by Crippen LogP contribution is -2.36. The Hall–Kier alpha value is -0.380. The Morgan fingerprint density at radius 1 is 1.43 bits per heavy atom. The van der Waals surface area contributed by atoms with Gasteiger partial charge in [0.05, 0.1) is 6.61 Å². The smallest absolute Gasteiger partial charge is 0.319 e. The number of rotatable bonds is 6. The van der Waals surface area contributed by atoms with E-state index in [1.165, 1.54) is 6.92 Å². The van der Waals surface area contributed by atoms with Gasteiger partial charge in [0.15, 0.2) is 0 Å². The quantitative estimate of drug-likeness (QED) is 0.420. The molecule has 0 aliphatic carbocycles. The van der Waals surface area contributed by atoms with E-state index in [0.29, 0.717) is 13.0 Å². The van der Waals surface area contributed by atoms with Crippen LogP contribution in [-0.2, 0) is 14.3 Å². The van der Waals surface area contributed by atoms with Crippen LogP contribution in [0.15, 0.2) is 0 Å². The van der Waals surface area contributed by atoms with Crippen LogP contribution in [0.25, 0.3) is 0 Å². The largest absolute Gasteiger partial charge is 0.465 e. The minimum atomic E-state index is -0.968. The number of halogens is 1. The molecular weight excluding hydrogens is 248 g/mol. The summed E-state index contributed by atoms with van der Waals surface area (Å²) in [7, 11) is 0. The first-order chi connectivity index (χ1) is 6.49. The highest BCUT2D eigenvalue weighted by molar-refractivity contribution is 9.09. The lowest BCUT2D eigenvalue weighted by molar-refractivity contribution is -0.158. The van der Waals surface area contributed by atoms with Crippen molar-refractivity contribution in [2.24, 2.45) is 5.41 Å². The standard InChI is InChI=1S/C10H17BrO3/c1-4-14-9(13)10(3,8(2)12)6-5-7-11/h4-7H2,1-3H3. The van der Waals surface area contributed by atoms with Crippen molar-refractivity contribution in [1.82, 2.24) is 0 Å². The van der Waals surface area contributed by atoms with Gasteiger partial charge in [0.2, 0.25) is 0 Å². The summed E-state index contributed by atoms with van der Waals surface area (Å²) in [4.78, 5) is 22.9. The SMILES string of the molecule is CCOC(=O)C(C)(CCCBr)C(C)=O. The second-order valence-electron chi connectivity index (χ2n) is 3.40. The number of carbonyl (C=O) groups is 2. The maximum absolute atomic E-state index is 11.6. The molecule has 0 bridgehead atoms. The molecule has 1 unspecified atom stereocenters. The molecule has 0 fully saturated rings. The first kappa shape index (κ1) is 13.6. The Morgan fingerprint density at radius 3 is 2.36 bits per heavy atom. The van der Waals surface area contributed by atoms with Crippen LogP contribution in [0.1, 0.15) is 33.6 Å². The second-order valence-corrected chi connectivity index (χ2v) is 4.19. The first-order valence-corrected chi connectivity index (χ1v) is 5.85. The molecule has 82 valence electrons. The zero-order valence-electron chi connectivity index (χ0n) is 8.93. The summed E-state index contributed by atoms with van der Waals surface area (Å²) >= 11 is 3.28. The van der Waals surface area contributed by atoms with Crippen LogP contribution in [-0.4, -0.2) is 23.7 Å². The zero-order valence-corrected chi connectivity index (χ0v) is 10.5. The fraction of sp³-hybridized carbons (Fsp3) is 0.800. The van der Waals surface area contributed by atoms with Crippen LogP contribution in [0.5, 0.6) is 0 Å². The summed E-state index contributed by atoms with van der Waals surface area (Å²) < 4.78 is 4.89. The van der Waals surface area contributed by atoms with E-state index in [0.717, 1.165) is 11.8 Å². The molecule has 0 aromatic carbocycles. The molecule has 0 aliphatic rings. The second kappa shape index (κ2) is 6.17. The maximum atomic E-state index is 11.6. The highest BCUT2D eigenvalue weighted by Gasteiger charge is 2.38. The average Bonchev–Trinajstić information content (AvgIpc) is 2.14. The minimum Gasteiger partial charge on any atom is -0.465 e. The topological polar surface area (TPSA) is 43.4 Å². The van der Waals surface area contributed by atoms with Gasteiger partial charge < -0.3 is 4.74 Å². The van der Waals surface area contributed by atoms with Gasteiger partial charge in [0.25, 0.3) is 0 Å². The van der Waals surface area contributed by atoms with Gasteiger partial charge in [0, 0.05) is 5.33 Å². The van der Waals surface area contributed by atoms with Gasteiger partial charge in [-0.05, 0) is 33.6 Å². The van der Waals surface area contributed by atoms with E-state index >= 15 is 0 Å². The fourth-order valence-corrected chi connectivity index (χ4v) is 1.41. The third kappa shape index (κ3) is 3.40. The number of esters is 1. The molecule has 14 heavy (non-hydrogen) atoms. The third-order valence-electron chi connectivity index (χ3n) is 2.31. The monoisotopic (exact) mass is 264 g/mol. The predicted octanol–water partition coefficient (Wildman–Crippen LogP) is 2.32. The molecule has 3 nitrogen and oxygen atoms in total. The van der Waals surface area contributed by atoms with E-state index in [1.807, 2.05) is 0 Å². The van der Waals surface area contributed by atoms with Crippen molar-refractivity contribution in [2.45, 2.75) is 33.6 Å². The fourth-order valence-electron chi connectivity index (χ4n) is 1.13. The zero-order chi connectivity index (χ0) is 11.2. The number of alkyl halides is 1. The normalized spacial score (nSPS) is 14.6. The van der Waals surface area contributed by atoms with E-state index in [1.54, 1.807) is 13.8 Å². The summed E-state index contributed by atoms with van der Waals surface area (Å²) in [6.45, 7) is 5.14. The Labute approximate surface area is 93.3 Å². The van der Waals surface area contributed by atoms with Crippen LogP contribution < -0.4 is 0 Å². The van der Waals surface area contributed by atoms with Gasteiger partial charge in [-0.25, -0.2) is 0 Å². The average molecular weight is 265 g/mol. The van der Waals surface area contributed by atoms with Gasteiger partial charge in [-0.1, -0.05) is 15.9 Å². The molecule has 0 radical (unpaired) electrons. The van der Waals surface area contributed by atoms with Gasteiger partial charge in [0.1, 0.15) is 11.2 Å². The van der Waals surface area contributed by atoms with Gasteiger partial charge in [-0.15, -0.1) is 0 Å². The third-order valence-corrected chi connectivity index (χ3v) is 2.87. The van der Waals surface area contributed by atoms with Crippen molar-refractivity contribution >= 4 is 27.7 Å². The molecule has 0 heterocycles. The van der Waals surface area contributed by atoms with Crippen LogP contribution >= 0.6 is 15.9 Å². The van der Waals surface area contributed by atoms with E-state index in [2.05, 4.69) is 15.9 Å². The Kier molecular flexibility index (Phi) is 6.00. The van der Waals surface area contributed by atoms with Crippen LogP contribution in [0.3, 0.4) is 0 Å². The van der Waals surface area contributed by atoms with Gasteiger partial charge in [-0.3, -0.25) is 9.59 Å². The molecule has 0 saturated heterocycles. The molecule has 0 spiro atoms. The van der Waals surface area contributed by atoms with Crippen molar-refractivity contribution in [1.29, 1.82) is 0 Å². The number of Topliss-reactive ketones (excluding diaryl/α,β-unsaturated/α-hetero) is 1. The predicted molar refractivity (Wildman–Crippen MR) is 58.4 cm³/mol. The molecule has 0 saturated carbocycles. The number of carbonyl (C=O) groups excluding carboxylic acids is 2.